The zero-order valence-electron chi connectivity index (χ0n) is 12.7. The first kappa shape index (κ1) is 15.0. The predicted octanol–water partition coefficient (Wildman–Crippen LogP) is 4.63. The summed E-state index contributed by atoms with van der Waals surface area (Å²) in [6, 6.07) is 5.16. The minimum atomic E-state index is -0.451. The van der Waals surface area contributed by atoms with Crippen LogP contribution in [0.1, 0.15) is 50.4 Å². The van der Waals surface area contributed by atoms with E-state index in [1.165, 1.54) is 0 Å². The second-order valence-corrected chi connectivity index (χ2v) is 8.60. The molecule has 1 aromatic carbocycles. The quantitative estimate of drug-likeness (QED) is 0.720. The number of hydrogen-bond donors (Lipinski definition) is 0. The van der Waals surface area contributed by atoms with Crippen molar-refractivity contribution in [1.29, 1.82) is 0 Å². The van der Waals surface area contributed by atoms with Crippen LogP contribution in [0.4, 0.5) is 4.39 Å². The standard InChI is InChI=1S/C17H21BrFNO/c1-16(2)7-11-8-17(3,9-16)10-20(11)15(21)12-5-4-6-13(18)14(12)19/h4-6,11H,7-10H2,1-3H3. The Bertz CT molecular complexity index is 600. The lowest BCUT2D eigenvalue weighted by atomic mass is 9.65. The van der Waals surface area contributed by atoms with E-state index >= 15 is 0 Å². The Hall–Kier alpha value is -0.900. The lowest BCUT2D eigenvalue weighted by Gasteiger charge is -2.39. The van der Waals surface area contributed by atoms with E-state index in [4.69, 9.17) is 0 Å². The zero-order chi connectivity index (χ0) is 15.4. The van der Waals surface area contributed by atoms with Gasteiger partial charge in [-0.05, 0) is 58.2 Å². The number of amides is 1. The Morgan fingerprint density at radius 3 is 2.76 bits per heavy atom. The molecule has 0 aromatic heterocycles. The van der Waals surface area contributed by atoms with Crippen LogP contribution in [0.2, 0.25) is 0 Å². The summed E-state index contributed by atoms with van der Waals surface area (Å²) in [6.45, 7) is 7.54. The maximum atomic E-state index is 14.2. The Labute approximate surface area is 133 Å². The zero-order valence-corrected chi connectivity index (χ0v) is 14.3. The molecule has 1 aromatic rings. The lowest BCUT2D eigenvalue weighted by molar-refractivity contribution is 0.0703. The molecule has 21 heavy (non-hydrogen) atoms. The summed E-state index contributed by atoms with van der Waals surface area (Å²) >= 11 is 3.16. The molecular weight excluding hydrogens is 333 g/mol. The van der Waals surface area contributed by atoms with Gasteiger partial charge in [0.25, 0.3) is 5.91 Å². The summed E-state index contributed by atoms with van der Waals surface area (Å²) in [5, 5.41) is 0. The van der Waals surface area contributed by atoms with Crippen LogP contribution in [-0.2, 0) is 0 Å². The Morgan fingerprint density at radius 2 is 2.05 bits per heavy atom. The van der Waals surface area contributed by atoms with E-state index in [1.54, 1.807) is 18.2 Å². The molecule has 1 aliphatic carbocycles. The summed E-state index contributed by atoms with van der Waals surface area (Å²) < 4.78 is 14.6. The highest BCUT2D eigenvalue weighted by atomic mass is 79.9. The van der Waals surface area contributed by atoms with E-state index in [9.17, 15) is 9.18 Å². The summed E-state index contributed by atoms with van der Waals surface area (Å²) in [7, 11) is 0. The summed E-state index contributed by atoms with van der Waals surface area (Å²) in [5.41, 5.74) is 0.603. The average molecular weight is 354 g/mol. The largest absolute Gasteiger partial charge is 0.335 e. The second-order valence-electron chi connectivity index (χ2n) is 7.75. The van der Waals surface area contributed by atoms with Gasteiger partial charge in [0.15, 0.2) is 0 Å². The van der Waals surface area contributed by atoms with Gasteiger partial charge < -0.3 is 4.90 Å². The number of rotatable bonds is 1. The van der Waals surface area contributed by atoms with Gasteiger partial charge in [-0.2, -0.15) is 0 Å². The molecule has 0 spiro atoms. The molecule has 114 valence electrons. The number of fused-ring (bicyclic) bond motifs is 2. The SMILES string of the molecule is CC1(C)CC2CC(C)(CN2C(=O)c2cccc(Br)c2F)C1. The molecule has 1 aliphatic heterocycles. The van der Waals surface area contributed by atoms with Crippen LogP contribution in [0.15, 0.2) is 22.7 Å². The van der Waals surface area contributed by atoms with Crippen molar-refractivity contribution >= 4 is 21.8 Å². The molecule has 0 N–H and O–H groups in total. The number of hydrogen-bond acceptors (Lipinski definition) is 1. The van der Waals surface area contributed by atoms with Gasteiger partial charge >= 0.3 is 0 Å². The molecule has 3 rings (SSSR count). The topological polar surface area (TPSA) is 20.3 Å². The van der Waals surface area contributed by atoms with E-state index in [1.807, 2.05) is 4.90 Å². The number of halogens is 2. The van der Waals surface area contributed by atoms with Crippen molar-refractivity contribution in [2.75, 3.05) is 6.54 Å². The van der Waals surface area contributed by atoms with Crippen molar-refractivity contribution in [3.63, 3.8) is 0 Å². The smallest absolute Gasteiger partial charge is 0.257 e. The molecule has 2 aliphatic rings. The monoisotopic (exact) mass is 353 g/mol. The van der Waals surface area contributed by atoms with Crippen LogP contribution in [0.5, 0.6) is 0 Å². The minimum Gasteiger partial charge on any atom is -0.335 e. The maximum absolute atomic E-state index is 14.2. The fourth-order valence-electron chi connectivity index (χ4n) is 4.52. The molecule has 4 heteroatoms. The molecule has 0 radical (unpaired) electrons. The van der Waals surface area contributed by atoms with E-state index in [0.717, 1.165) is 25.8 Å². The van der Waals surface area contributed by atoms with Gasteiger partial charge in [0.2, 0.25) is 0 Å². The van der Waals surface area contributed by atoms with E-state index in [2.05, 4.69) is 36.7 Å². The number of nitrogens with zero attached hydrogens (tertiary/aromatic N) is 1. The van der Waals surface area contributed by atoms with Crippen LogP contribution in [0.25, 0.3) is 0 Å². The highest BCUT2D eigenvalue weighted by molar-refractivity contribution is 9.10. The Kier molecular flexibility index (Phi) is 3.43. The molecule has 2 fully saturated rings. The van der Waals surface area contributed by atoms with Gasteiger partial charge in [-0.1, -0.05) is 26.8 Å². The van der Waals surface area contributed by atoms with Gasteiger partial charge in [-0.3, -0.25) is 4.79 Å². The van der Waals surface area contributed by atoms with Crippen LogP contribution in [-0.4, -0.2) is 23.4 Å². The first-order valence-electron chi connectivity index (χ1n) is 7.46. The van der Waals surface area contributed by atoms with Crippen LogP contribution in [0.3, 0.4) is 0 Å². The van der Waals surface area contributed by atoms with Gasteiger partial charge in [-0.15, -0.1) is 0 Å². The van der Waals surface area contributed by atoms with Gasteiger partial charge in [0.05, 0.1) is 10.0 Å². The maximum Gasteiger partial charge on any atom is 0.257 e. The van der Waals surface area contributed by atoms with E-state index < -0.39 is 5.82 Å². The third-order valence-electron chi connectivity index (χ3n) is 4.86. The van der Waals surface area contributed by atoms with E-state index in [-0.39, 0.29) is 28.3 Å². The van der Waals surface area contributed by atoms with Gasteiger partial charge in [0.1, 0.15) is 5.82 Å². The van der Waals surface area contributed by atoms with Crippen molar-refractivity contribution in [2.24, 2.45) is 10.8 Å². The van der Waals surface area contributed by atoms with Gasteiger partial charge in [-0.25, -0.2) is 4.39 Å². The third kappa shape index (κ3) is 2.63. The Morgan fingerprint density at radius 1 is 1.33 bits per heavy atom. The highest BCUT2D eigenvalue weighted by Crippen LogP contribution is 2.52. The highest BCUT2D eigenvalue weighted by Gasteiger charge is 2.51. The van der Waals surface area contributed by atoms with Crippen LogP contribution < -0.4 is 0 Å². The second kappa shape index (κ2) is 4.80. The molecule has 2 atom stereocenters. The van der Waals surface area contributed by atoms with E-state index in [0.29, 0.717) is 4.47 Å². The number of likely N-dealkylation sites (tertiary alicyclic amines) is 1. The summed E-state index contributed by atoms with van der Waals surface area (Å²) in [6.07, 6.45) is 3.17. The van der Waals surface area contributed by atoms with Crippen molar-refractivity contribution < 1.29 is 9.18 Å². The van der Waals surface area contributed by atoms with Crippen LogP contribution in [0, 0.1) is 16.6 Å². The van der Waals surface area contributed by atoms with Crippen molar-refractivity contribution in [3.8, 4) is 0 Å². The first-order chi connectivity index (χ1) is 9.71. The predicted molar refractivity (Wildman–Crippen MR) is 84.7 cm³/mol. The van der Waals surface area contributed by atoms with Crippen molar-refractivity contribution in [2.45, 2.75) is 46.1 Å². The molecule has 2 bridgehead atoms. The molecular formula is C17H21BrFNO. The van der Waals surface area contributed by atoms with Crippen molar-refractivity contribution in [1.82, 2.24) is 4.90 Å². The average Bonchev–Trinajstić information content (AvgIpc) is 2.61. The Balaban J connectivity index is 1.92. The minimum absolute atomic E-state index is 0.166. The molecule has 2 nitrogen and oxygen atoms in total. The number of carbonyl (C=O) groups is 1. The molecule has 1 saturated heterocycles. The molecule has 2 unspecified atom stereocenters. The third-order valence-corrected chi connectivity index (χ3v) is 5.47. The molecule has 1 amide bonds. The van der Waals surface area contributed by atoms with Crippen LogP contribution >= 0.6 is 15.9 Å². The van der Waals surface area contributed by atoms with Crippen molar-refractivity contribution in [3.05, 3.63) is 34.1 Å². The number of benzene rings is 1. The normalized spacial score (nSPS) is 30.5. The first-order valence-corrected chi connectivity index (χ1v) is 8.25. The molecule has 1 saturated carbocycles. The number of carbonyl (C=O) groups excluding carboxylic acids is 1. The molecule has 1 heterocycles. The fourth-order valence-corrected chi connectivity index (χ4v) is 4.89. The fraction of sp³-hybridized carbons (Fsp3) is 0.588. The summed E-state index contributed by atoms with van der Waals surface area (Å²) in [4.78, 5) is 14.7. The van der Waals surface area contributed by atoms with Gasteiger partial charge in [0, 0.05) is 12.6 Å². The lowest BCUT2D eigenvalue weighted by Crippen LogP contribution is -2.38. The summed E-state index contributed by atoms with van der Waals surface area (Å²) in [5.74, 6) is -0.617.